The highest BCUT2D eigenvalue weighted by molar-refractivity contribution is 8.14. The van der Waals surface area contributed by atoms with Crippen LogP contribution in [0.15, 0.2) is 4.99 Å². The van der Waals surface area contributed by atoms with Crippen LogP contribution in [0.2, 0.25) is 0 Å². The lowest BCUT2D eigenvalue weighted by atomic mass is 10.1. The van der Waals surface area contributed by atoms with E-state index in [4.69, 9.17) is 0 Å². The van der Waals surface area contributed by atoms with E-state index in [1.165, 1.54) is 0 Å². The first kappa shape index (κ1) is 11.2. The van der Waals surface area contributed by atoms with Gasteiger partial charge in [-0.25, -0.2) is 5.01 Å². The zero-order chi connectivity index (χ0) is 10.9. The number of hydrogen-bond acceptors (Lipinski definition) is 5. The molecule has 0 atom stereocenters. The standard InChI is InChI=1S/C10H20N4S/c1-10(2)8-15-9(11-10)12-14-6-4-13(3)5-7-14/h4-8H2,1-3H3,(H,11,12). The minimum atomic E-state index is 0.111. The number of aliphatic imine (C=N–C) groups is 1. The van der Waals surface area contributed by atoms with E-state index in [1.54, 1.807) is 0 Å². The van der Waals surface area contributed by atoms with Crippen LogP contribution in [0.1, 0.15) is 13.8 Å². The number of nitrogens with zero attached hydrogens (tertiary/aromatic N) is 3. The Bertz CT molecular complexity index is 256. The van der Waals surface area contributed by atoms with E-state index in [1.807, 2.05) is 11.8 Å². The molecule has 4 nitrogen and oxygen atoms in total. The largest absolute Gasteiger partial charge is 0.304 e. The molecule has 0 spiro atoms. The van der Waals surface area contributed by atoms with Gasteiger partial charge in [-0.15, -0.1) is 0 Å². The molecule has 86 valence electrons. The molecule has 0 unspecified atom stereocenters. The normalized spacial score (nSPS) is 27.8. The van der Waals surface area contributed by atoms with Crippen LogP contribution in [-0.2, 0) is 0 Å². The van der Waals surface area contributed by atoms with Crippen molar-refractivity contribution in [3.05, 3.63) is 0 Å². The highest BCUT2D eigenvalue weighted by Gasteiger charge is 2.26. The van der Waals surface area contributed by atoms with Gasteiger partial charge in [0.2, 0.25) is 0 Å². The summed E-state index contributed by atoms with van der Waals surface area (Å²) in [5.41, 5.74) is 3.52. The maximum Gasteiger partial charge on any atom is 0.171 e. The lowest BCUT2D eigenvalue weighted by molar-refractivity contribution is 0.132. The van der Waals surface area contributed by atoms with E-state index >= 15 is 0 Å². The van der Waals surface area contributed by atoms with Crippen LogP contribution in [0, 0.1) is 0 Å². The van der Waals surface area contributed by atoms with Crippen LogP contribution in [0.3, 0.4) is 0 Å². The third-order valence-electron chi connectivity index (χ3n) is 2.72. The lowest BCUT2D eigenvalue weighted by Crippen LogP contribution is -2.51. The van der Waals surface area contributed by atoms with Crippen molar-refractivity contribution in [1.82, 2.24) is 15.3 Å². The number of hydrazine groups is 1. The van der Waals surface area contributed by atoms with Crippen molar-refractivity contribution >= 4 is 16.9 Å². The average molecular weight is 228 g/mol. The predicted octanol–water partition coefficient (Wildman–Crippen LogP) is 0.620. The zero-order valence-electron chi connectivity index (χ0n) is 9.79. The van der Waals surface area contributed by atoms with Crippen molar-refractivity contribution in [2.45, 2.75) is 19.4 Å². The molecular weight excluding hydrogens is 208 g/mol. The first-order valence-electron chi connectivity index (χ1n) is 5.48. The van der Waals surface area contributed by atoms with Crippen LogP contribution in [-0.4, -0.2) is 59.6 Å². The fraction of sp³-hybridized carbons (Fsp3) is 0.900. The zero-order valence-corrected chi connectivity index (χ0v) is 10.6. The minimum absolute atomic E-state index is 0.111. The monoisotopic (exact) mass is 228 g/mol. The van der Waals surface area contributed by atoms with Gasteiger partial charge >= 0.3 is 0 Å². The molecule has 0 amide bonds. The Hall–Kier alpha value is -0.260. The van der Waals surface area contributed by atoms with Crippen molar-refractivity contribution in [2.75, 3.05) is 39.0 Å². The number of rotatable bonds is 1. The molecule has 0 saturated carbocycles. The Balaban J connectivity index is 1.83. The molecule has 1 saturated heterocycles. The molecule has 15 heavy (non-hydrogen) atoms. The molecule has 0 aromatic carbocycles. The summed E-state index contributed by atoms with van der Waals surface area (Å²) in [5.74, 6) is 1.09. The highest BCUT2D eigenvalue weighted by Crippen LogP contribution is 2.25. The maximum atomic E-state index is 4.65. The number of likely N-dealkylation sites (N-methyl/N-ethyl adjacent to an activating group) is 1. The van der Waals surface area contributed by atoms with Crippen molar-refractivity contribution in [3.8, 4) is 0 Å². The van der Waals surface area contributed by atoms with Gasteiger partial charge in [-0.05, 0) is 20.9 Å². The summed E-state index contributed by atoms with van der Waals surface area (Å²) in [6.45, 7) is 8.78. The highest BCUT2D eigenvalue weighted by atomic mass is 32.2. The van der Waals surface area contributed by atoms with Gasteiger partial charge in [0.05, 0.1) is 5.54 Å². The molecule has 0 aromatic heterocycles. The SMILES string of the molecule is CN1CCN(NC2=NC(C)(C)CS2)CC1. The molecule has 0 aromatic rings. The molecule has 2 rings (SSSR count). The first-order valence-corrected chi connectivity index (χ1v) is 6.46. The number of hydrogen-bond donors (Lipinski definition) is 1. The van der Waals surface area contributed by atoms with Crippen LogP contribution in [0.4, 0.5) is 0 Å². The van der Waals surface area contributed by atoms with Gasteiger partial charge in [0.15, 0.2) is 5.17 Å². The fourth-order valence-electron chi connectivity index (χ4n) is 1.70. The van der Waals surface area contributed by atoms with Gasteiger partial charge in [-0.1, -0.05) is 11.8 Å². The lowest BCUT2D eigenvalue weighted by Gasteiger charge is -2.32. The Morgan fingerprint density at radius 1 is 1.27 bits per heavy atom. The fourth-order valence-corrected chi connectivity index (χ4v) is 2.76. The van der Waals surface area contributed by atoms with E-state index in [-0.39, 0.29) is 5.54 Å². The molecule has 2 heterocycles. The van der Waals surface area contributed by atoms with Gasteiger partial charge in [0.1, 0.15) is 0 Å². The predicted molar refractivity (Wildman–Crippen MR) is 66.2 cm³/mol. The topological polar surface area (TPSA) is 30.9 Å². The van der Waals surface area contributed by atoms with E-state index in [0.717, 1.165) is 37.1 Å². The van der Waals surface area contributed by atoms with Crippen molar-refractivity contribution in [2.24, 2.45) is 4.99 Å². The van der Waals surface area contributed by atoms with E-state index in [2.05, 4.69) is 41.2 Å². The van der Waals surface area contributed by atoms with Gasteiger partial charge in [0, 0.05) is 31.9 Å². The quantitative estimate of drug-likeness (QED) is 0.713. The number of amidine groups is 1. The average Bonchev–Trinajstić information content (AvgIpc) is 2.50. The van der Waals surface area contributed by atoms with Crippen molar-refractivity contribution in [3.63, 3.8) is 0 Å². The van der Waals surface area contributed by atoms with E-state index < -0.39 is 0 Å². The summed E-state index contributed by atoms with van der Waals surface area (Å²) in [7, 11) is 2.17. The molecule has 0 radical (unpaired) electrons. The second-order valence-corrected chi connectivity index (χ2v) is 5.88. The van der Waals surface area contributed by atoms with Crippen LogP contribution < -0.4 is 5.43 Å². The Labute approximate surface area is 96.1 Å². The molecule has 0 aliphatic carbocycles. The third kappa shape index (κ3) is 3.09. The smallest absolute Gasteiger partial charge is 0.171 e. The summed E-state index contributed by atoms with van der Waals surface area (Å²) in [6.07, 6.45) is 0. The minimum Gasteiger partial charge on any atom is -0.304 e. The van der Waals surface area contributed by atoms with E-state index in [9.17, 15) is 0 Å². The Morgan fingerprint density at radius 3 is 2.47 bits per heavy atom. The van der Waals surface area contributed by atoms with Crippen molar-refractivity contribution < 1.29 is 0 Å². The summed E-state index contributed by atoms with van der Waals surface area (Å²) in [6, 6.07) is 0. The summed E-state index contributed by atoms with van der Waals surface area (Å²) in [5, 5.41) is 3.36. The Morgan fingerprint density at radius 2 is 1.93 bits per heavy atom. The Kier molecular flexibility index (Phi) is 3.23. The van der Waals surface area contributed by atoms with Crippen molar-refractivity contribution in [1.29, 1.82) is 0 Å². The summed E-state index contributed by atoms with van der Waals surface area (Å²) >= 11 is 1.83. The summed E-state index contributed by atoms with van der Waals surface area (Å²) < 4.78 is 0. The second-order valence-electron chi connectivity index (χ2n) is 4.92. The number of piperazine rings is 1. The van der Waals surface area contributed by atoms with Gasteiger partial charge in [0.25, 0.3) is 0 Å². The number of nitrogens with one attached hydrogen (secondary N) is 1. The molecule has 1 fully saturated rings. The van der Waals surface area contributed by atoms with Gasteiger partial charge in [-0.2, -0.15) is 0 Å². The molecule has 5 heteroatoms. The molecular formula is C10H20N4S. The molecule has 1 N–H and O–H groups in total. The summed E-state index contributed by atoms with van der Waals surface area (Å²) in [4.78, 5) is 7.00. The second kappa shape index (κ2) is 4.31. The van der Waals surface area contributed by atoms with Gasteiger partial charge in [-0.3, -0.25) is 10.4 Å². The third-order valence-corrected chi connectivity index (χ3v) is 4.03. The number of thioether (sulfide) groups is 1. The maximum absolute atomic E-state index is 4.65. The molecule has 2 aliphatic rings. The molecule has 0 bridgehead atoms. The van der Waals surface area contributed by atoms with E-state index in [0.29, 0.717) is 0 Å². The van der Waals surface area contributed by atoms with Crippen LogP contribution >= 0.6 is 11.8 Å². The van der Waals surface area contributed by atoms with Crippen LogP contribution in [0.5, 0.6) is 0 Å². The molecule has 2 aliphatic heterocycles. The first-order chi connectivity index (χ1) is 7.05. The van der Waals surface area contributed by atoms with Crippen LogP contribution in [0.25, 0.3) is 0 Å². The van der Waals surface area contributed by atoms with Gasteiger partial charge < -0.3 is 4.90 Å².